The van der Waals surface area contributed by atoms with Crippen LogP contribution in [-0.2, 0) is 36.0 Å². The number of aryl methyl sites for hydroxylation is 2. The van der Waals surface area contributed by atoms with Gasteiger partial charge in [-0.15, -0.1) is 0 Å². The smallest absolute Gasteiger partial charge is 0.350 e. The van der Waals surface area contributed by atoms with Crippen LogP contribution in [0.3, 0.4) is 0 Å². The molecule has 3 aromatic rings. The normalized spacial score (nSPS) is 12.0. The van der Waals surface area contributed by atoms with Gasteiger partial charge in [-0.3, -0.25) is 9.13 Å². The highest BCUT2D eigenvalue weighted by Crippen LogP contribution is 2.24. The molecule has 0 saturated carbocycles. The number of carbonyl (C=O) groups is 1. The second kappa shape index (κ2) is 10.6. The first-order valence-corrected chi connectivity index (χ1v) is 12.3. The van der Waals surface area contributed by atoms with Crippen LogP contribution in [0.4, 0.5) is 0 Å². The first-order valence-electron chi connectivity index (χ1n) is 12.3. The van der Waals surface area contributed by atoms with Crippen molar-refractivity contribution in [2.24, 2.45) is 7.05 Å². The molecule has 1 N–H and O–H groups in total. The van der Waals surface area contributed by atoms with E-state index in [0.717, 1.165) is 29.5 Å². The second-order valence-corrected chi connectivity index (χ2v) is 10.8. The third-order valence-corrected chi connectivity index (χ3v) is 5.96. The molecular weight excluding hydrogens is 456 g/mol. The zero-order chi connectivity index (χ0) is 26.7. The molecule has 7 heteroatoms. The van der Waals surface area contributed by atoms with Gasteiger partial charge in [0, 0.05) is 7.05 Å². The predicted molar refractivity (Wildman–Crippen MR) is 141 cm³/mol. The first-order chi connectivity index (χ1) is 16.8. The fraction of sp³-hybridized carbons (Fsp3) is 0.448. The van der Waals surface area contributed by atoms with E-state index in [1.807, 2.05) is 76.2 Å². The molecule has 1 heterocycles. The van der Waals surface area contributed by atoms with Crippen molar-refractivity contribution in [3.63, 3.8) is 0 Å². The van der Waals surface area contributed by atoms with Crippen molar-refractivity contribution in [1.29, 1.82) is 0 Å². The van der Waals surface area contributed by atoms with Crippen molar-refractivity contribution in [1.82, 2.24) is 9.13 Å². The minimum Gasteiger partial charge on any atom is -0.493 e. The topological polar surface area (TPSA) is 82.7 Å². The van der Waals surface area contributed by atoms with Crippen molar-refractivity contribution in [2.45, 2.75) is 78.6 Å². The number of aromatic hydroxyl groups is 1. The van der Waals surface area contributed by atoms with Crippen LogP contribution in [-0.4, -0.2) is 31.4 Å². The van der Waals surface area contributed by atoms with Gasteiger partial charge in [-0.2, -0.15) is 0 Å². The quantitative estimate of drug-likeness (QED) is 0.427. The summed E-state index contributed by atoms with van der Waals surface area (Å²) < 4.78 is 14.3. The van der Waals surface area contributed by atoms with Crippen molar-refractivity contribution >= 4 is 5.97 Å². The van der Waals surface area contributed by atoms with Gasteiger partial charge in [-0.05, 0) is 84.1 Å². The van der Waals surface area contributed by atoms with Gasteiger partial charge in [0.05, 0.1) is 12.2 Å². The SMILES string of the molecule is Cc1ccc(Cn2c(O)c(CCCc3ccc(OC(C)(C)C(=O)OC(C)(C)C)cc3)n(C)c2=O)cc1. The van der Waals surface area contributed by atoms with Gasteiger partial charge in [0.2, 0.25) is 5.88 Å². The Kier molecular flexibility index (Phi) is 8.02. The van der Waals surface area contributed by atoms with E-state index in [2.05, 4.69) is 0 Å². The molecular formula is C29H38N2O5. The van der Waals surface area contributed by atoms with Gasteiger partial charge in [0.1, 0.15) is 11.4 Å². The Balaban J connectivity index is 1.59. The van der Waals surface area contributed by atoms with Crippen molar-refractivity contribution in [2.75, 3.05) is 0 Å². The van der Waals surface area contributed by atoms with Gasteiger partial charge in [-0.25, -0.2) is 9.59 Å². The maximum absolute atomic E-state index is 12.7. The summed E-state index contributed by atoms with van der Waals surface area (Å²) in [7, 11) is 1.70. The molecule has 1 aromatic heterocycles. The van der Waals surface area contributed by atoms with Crippen LogP contribution in [0.15, 0.2) is 53.3 Å². The van der Waals surface area contributed by atoms with E-state index in [-0.39, 0.29) is 11.6 Å². The zero-order valence-electron chi connectivity index (χ0n) is 22.4. The molecule has 3 rings (SSSR count). The molecule has 0 atom stereocenters. The van der Waals surface area contributed by atoms with E-state index in [4.69, 9.17) is 9.47 Å². The lowest BCUT2D eigenvalue weighted by Gasteiger charge is -2.29. The Labute approximate surface area is 213 Å². The summed E-state index contributed by atoms with van der Waals surface area (Å²) >= 11 is 0. The molecule has 36 heavy (non-hydrogen) atoms. The van der Waals surface area contributed by atoms with Gasteiger partial charge < -0.3 is 14.6 Å². The highest BCUT2D eigenvalue weighted by molar-refractivity contribution is 5.79. The number of esters is 1. The largest absolute Gasteiger partial charge is 0.493 e. The molecule has 0 aliphatic rings. The van der Waals surface area contributed by atoms with E-state index >= 15 is 0 Å². The Hall–Kier alpha value is -3.48. The van der Waals surface area contributed by atoms with Crippen LogP contribution in [0.25, 0.3) is 0 Å². The molecule has 194 valence electrons. The minimum absolute atomic E-state index is 0.0243. The Morgan fingerprint density at radius 1 is 0.917 bits per heavy atom. The molecule has 0 radical (unpaired) electrons. The number of imidazole rings is 1. The van der Waals surface area contributed by atoms with E-state index in [1.165, 1.54) is 9.13 Å². The van der Waals surface area contributed by atoms with Crippen LogP contribution in [0.5, 0.6) is 11.6 Å². The molecule has 7 nitrogen and oxygen atoms in total. The van der Waals surface area contributed by atoms with Gasteiger partial charge >= 0.3 is 11.7 Å². The molecule has 0 aliphatic carbocycles. The summed E-state index contributed by atoms with van der Waals surface area (Å²) in [6.07, 6.45) is 2.11. The van der Waals surface area contributed by atoms with Crippen LogP contribution in [0, 0.1) is 6.92 Å². The molecule has 0 saturated heterocycles. The van der Waals surface area contributed by atoms with Crippen LogP contribution >= 0.6 is 0 Å². The fourth-order valence-corrected chi connectivity index (χ4v) is 3.91. The number of carbonyl (C=O) groups excluding carboxylic acids is 1. The number of hydrogen-bond acceptors (Lipinski definition) is 5. The number of nitrogens with zero attached hydrogens (tertiary/aromatic N) is 2. The van der Waals surface area contributed by atoms with E-state index in [1.54, 1.807) is 20.9 Å². The summed E-state index contributed by atoms with van der Waals surface area (Å²) in [5.41, 5.74) is 1.93. The summed E-state index contributed by atoms with van der Waals surface area (Å²) in [6, 6.07) is 15.5. The van der Waals surface area contributed by atoms with Crippen molar-refractivity contribution in [3.8, 4) is 11.6 Å². The Bertz CT molecular complexity index is 1240. The lowest BCUT2D eigenvalue weighted by Crippen LogP contribution is -2.43. The highest BCUT2D eigenvalue weighted by Gasteiger charge is 2.34. The third-order valence-electron chi connectivity index (χ3n) is 5.96. The number of benzene rings is 2. The lowest BCUT2D eigenvalue weighted by molar-refractivity contribution is -0.170. The predicted octanol–water partition coefficient (Wildman–Crippen LogP) is 4.92. The second-order valence-electron chi connectivity index (χ2n) is 10.8. The number of hydrogen-bond donors (Lipinski definition) is 1. The summed E-state index contributed by atoms with van der Waals surface area (Å²) in [5, 5.41) is 10.8. The zero-order valence-corrected chi connectivity index (χ0v) is 22.4. The lowest BCUT2D eigenvalue weighted by atomic mass is 10.1. The van der Waals surface area contributed by atoms with E-state index < -0.39 is 17.2 Å². The van der Waals surface area contributed by atoms with Gasteiger partial charge in [0.25, 0.3) is 0 Å². The van der Waals surface area contributed by atoms with E-state index in [0.29, 0.717) is 24.4 Å². The maximum Gasteiger partial charge on any atom is 0.350 e. The average molecular weight is 495 g/mol. The van der Waals surface area contributed by atoms with Crippen LogP contribution in [0.2, 0.25) is 0 Å². The molecule has 0 amide bonds. The van der Waals surface area contributed by atoms with E-state index in [9.17, 15) is 14.7 Å². The van der Waals surface area contributed by atoms with Crippen LogP contribution in [0.1, 0.15) is 63.4 Å². The molecule has 0 unspecified atom stereocenters. The Morgan fingerprint density at radius 2 is 1.50 bits per heavy atom. The molecule has 2 aromatic carbocycles. The standard InChI is InChI=1S/C29H38N2O5/c1-20-11-13-22(14-12-20)19-31-25(32)24(30(7)27(31)34)10-8-9-21-15-17-23(18-16-21)35-29(5,6)26(33)36-28(2,3)4/h11-18,32H,8-10,19H2,1-7H3. The maximum atomic E-state index is 12.7. The average Bonchev–Trinajstić information content (AvgIpc) is 2.98. The van der Waals surface area contributed by atoms with Gasteiger partial charge in [-0.1, -0.05) is 42.0 Å². The van der Waals surface area contributed by atoms with Crippen LogP contribution < -0.4 is 10.4 Å². The molecule has 0 spiro atoms. The van der Waals surface area contributed by atoms with Crippen molar-refractivity contribution < 1.29 is 19.4 Å². The van der Waals surface area contributed by atoms with Gasteiger partial charge in [0.15, 0.2) is 5.60 Å². The Morgan fingerprint density at radius 3 is 2.08 bits per heavy atom. The molecule has 0 bridgehead atoms. The first kappa shape index (κ1) is 27.1. The summed E-state index contributed by atoms with van der Waals surface area (Å²) in [5.74, 6) is 0.192. The molecule has 0 fully saturated rings. The third kappa shape index (κ3) is 6.80. The highest BCUT2D eigenvalue weighted by atomic mass is 16.6. The number of rotatable bonds is 9. The number of aromatic nitrogens is 2. The summed E-state index contributed by atoms with van der Waals surface area (Å²) in [6.45, 7) is 11.2. The van der Waals surface area contributed by atoms with Crippen molar-refractivity contribution in [3.05, 3.63) is 81.4 Å². The molecule has 0 aliphatic heterocycles. The summed E-state index contributed by atoms with van der Waals surface area (Å²) in [4.78, 5) is 25.1. The monoisotopic (exact) mass is 494 g/mol. The minimum atomic E-state index is -1.11. The fourth-order valence-electron chi connectivity index (χ4n) is 3.91. The number of ether oxygens (including phenoxy) is 2.